The Morgan fingerprint density at radius 2 is 1.72 bits per heavy atom. The molecule has 5 nitrogen and oxygen atoms in total. The fourth-order valence-electron chi connectivity index (χ4n) is 2.38. The van der Waals surface area contributed by atoms with Crippen LogP contribution in [0.2, 0.25) is 0 Å². The molecule has 0 saturated heterocycles. The van der Waals surface area contributed by atoms with Crippen LogP contribution in [0.1, 0.15) is 20.7 Å². The molecule has 6 heteroatoms. The van der Waals surface area contributed by atoms with Crippen LogP contribution in [-0.4, -0.2) is 22.0 Å². The number of benzene rings is 2. The second-order valence-electron chi connectivity index (χ2n) is 5.09. The molecule has 25 heavy (non-hydrogen) atoms. The molecule has 1 aromatic heterocycles. The molecule has 1 heterocycles. The number of rotatable bonds is 4. The highest BCUT2D eigenvalue weighted by Gasteiger charge is 2.20. The van der Waals surface area contributed by atoms with Gasteiger partial charge in [-0.2, -0.15) is 0 Å². The molecule has 0 bridgehead atoms. The van der Waals surface area contributed by atoms with E-state index in [0.29, 0.717) is 21.2 Å². The van der Waals surface area contributed by atoms with Crippen LogP contribution in [0.4, 0.5) is 0 Å². The van der Waals surface area contributed by atoms with Crippen molar-refractivity contribution in [2.45, 2.75) is 0 Å². The number of pyridine rings is 1. The number of aromatic carboxylic acids is 1. The fraction of sp³-hybridized carbons (Fsp3) is 0. The fourth-order valence-corrected chi connectivity index (χ4v) is 2.83. The van der Waals surface area contributed by atoms with Crippen LogP contribution in [0.15, 0.2) is 71.5 Å². The summed E-state index contributed by atoms with van der Waals surface area (Å²) in [6.45, 7) is 0. The first-order valence-electron chi connectivity index (χ1n) is 7.31. The van der Waals surface area contributed by atoms with Crippen molar-refractivity contribution in [1.29, 1.82) is 0 Å². The van der Waals surface area contributed by atoms with Crippen molar-refractivity contribution in [3.63, 3.8) is 0 Å². The maximum atomic E-state index is 12.5. The van der Waals surface area contributed by atoms with Crippen molar-refractivity contribution in [2.24, 2.45) is 0 Å². The normalized spacial score (nSPS) is 10.3. The number of carbonyl (C=O) groups is 2. The van der Waals surface area contributed by atoms with Crippen LogP contribution in [0.25, 0.3) is 11.1 Å². The van der Waals surface area contributed by atoms with Crippen LogP contribution in [0.3, 0.4) is 0 Å². The number of nitrogens with zero attached hydrogens (tertiary/aromatic N) is 1. The van der Waals surface area contributed by atoms with E-state index < -0.39 is 11.9 Å². The molecule has 3 rings (SSSR count). The number of hydrogen-bond donors (Lipinski definition) is 1. The average Bonchev–Trinajstić information content (AvgIpc) is 2.62. The third-order valence-corrected chi connectivity index (χ3v) is 4.19. The topological polar surface area (TPSA) is 76.5 Å². The van der Waals surface area contributed by atoms with E-state index in [-0.39, 0.29) is 11.3 Å². The Morgan fingerprint density at radius 3 is 2.40 bits per heavy atom. The van der Waals surface area contributed by atoms with Gasteiger partial charge >= 0.3 is 11.9 Å². The third-order valence-electron chi connectivity index (χ3n) is 3.50. The third kappa shape index (κ3) is 3.59. The molecule has 1 N–H and O–H groups in total. The summed E-state index contributed by atoms with van der Waals surface area (Å²) in [6.07, 6.45) is 3.11. The van der Waals surface area contributed by atoms with Gasteiger partial charge in [0.25, 0.3) is 0 Å². The molecule has 0 atom stereocenters. The minimum Gasteiger partial charge on any atom is -0.478 e. The first-order chi connectivity index (χ1) is 12.1. The largest absolute Gasteiger partial charge is 0.478 e. The number of carboxylic acids is 1. The minimum absolute atomic E-state index is 0.0328. The molecule has 0 radical (unpaired) electrons. The Hall–Kier alpha value is -2.99. The predicted octanol–water partition coefficient (Wildman–Crippen LogP) is 4.43. The zero-order chi connectivity index (χ0) is 17.8. The summed E-state index contributed by atoms with van der Waals surface area (Å²) >= 11 is 3.31. The van der Waals surface area contributed by atoms with Crippen LogP contribution >= 0.6 is 15.9 Å². The van der Waals surface area contributed by atoms with Gasteiger partial charge in [-0.25, -0.2) is 9.59 Å². The van der Waals surface area contributed by atoms with Gasteiger partial charge in [0.05, 0.1) is 11.1 Å². The number of ether oxygens (including phenoxy) is 1. The Bertz CT molecular complexity index is 941. The van der Waals surface area contributed by atoms with E-state index in [0.717, 1.165) is 0 Å². The number of halogens is 1. The van der Waals surface area contributed by atoms with Gasteiger partial charge in [0.15, 0.2) is 0 Å². The second-order valence-corrected chi connectivity index (χ2v) is 5.95. The van der Waals surface area contributed by atoms with Crippen molar-refractivity contribution in [3.8, 4) is 16.9 Å². The predicted molar refractivity (Wildman–Crippen MR) is 95.7 cm³/mol. The van der Waals surface area contributed by atoms with Crippen molar-refractivity contribution in [3.05, 3.63) is 82.6 Å². The smallest absolute Gasteiger partial charge is 0.344 e. The SMILES string of the molecule is O=C(Oc1cccc(C(=O)O)c1-c1cccnc1)c1ccccc1Br. The monoisotopic (exact) mass is 397 g/mol. The van der Waals surface area contributed by atoms with E-state index in [4.69, 9.17) is 4.74 Å². The zero-order valence-corrected chi connectivity index (χ0v) is 14.4. The number of esters is 1. The maximum absolute atomic E-state index is 12.5. The van der Waals surface area contributed by atoms with Gasteiger partial charge in [0.1, 0.15) is 5.75 Å². The summed E-state index contributed by atoms with van der Waals surface area (Å²) in [7, 11) is 0. The lowest BCUT2D eigenvalue weighted by molar-refractivity contribution is 0.0689. The summed E-state index contributed by atoms with van der Waals surface area (Å²) in [5.41, 5.74) is 1.24. The van der Waals surface area contributed by atoms with Gasteiger partial charge < -0.3 is 9.84 Å². The standard InChI is InChI=1S/C19H12BrNO4/c20-15-8-2-1-6-13(15)19(24)25-16-9-3-7-14(18(22)23)17(16)12-5-4-10-21-11-12/h1-11H,(H,22,23). The molecule has 0 unspecified atom stereocenters. The van der Waals surface area contributed by atoms with Crippen LogP contribution < -0.4 is 4.74 Å². The second kappa shape index (κ2) is 7.27. The molecule has 0 fully saturated rings. The number of carboxylic acid groups (broad SMARTS) is 1. The highest BCUT2D eigenvalue weighted by atomic mass is 79.9. The van der Waals surface area contributed by atoms with Gasteiger partial charge in [0.2, 0.25) is 0 Å². The highest BCUT2D eigenvalue weighted by Crippen LogP contribution is 2.34. The molecule has 0 aliphatic rings. The van der Waals surface area contributed by atoms with Gasteiger partial charge in [-0.1, -0.05) is 24.3 Å². The van der Waals surface area contributed by atoms with E-state index in [2.05, 4.69) is 20.9 Å². The molecule has 0 aliphatic carbocycles. The molecule has 124 valence electrons. The average molecular weight is 398 g/mol. The van der Waals surface area contributed by atoms with Crippen molar-refractivity contribution < 1.29 is 19.4 Å². The molecular weight excluding hydrogens is 386 g/mol. The summed E-state index contributed by atoms with van der Waals surface area (Å²) in [5.74, 6) is -1.54. The van der Waals surface area contributed by atoms with E-state index in [1.807, 2.05) is 0 Å². The first-order valence-corrected chi connectivity index (χ1v) is 8.10. The summed E-state index contributed by atoms with van der Waals surface area (Å²) in [4.78, 5) is 28.1. The van der Waals surface area contributed by atoms with Crippen LogP contribution in [0, 0.1) is 0 Å². The van der Waals surface area contributed by atoms with Gasteiger partial charge in [-0.05, 0) is 46.3 Å². The Labute approximate surface area is 152 Å². The molecule has 0 spiro atoms. The van der Waals surface area contributed by atoms with E-state index >= 15 is 0 Å². The summed E-state index contributed by atoms with van der Waals surface area (Å²) in [5, 5.41) is 9.48. The summed E-state index contributed by atoms with van der Waals surface area (Å²) < 4.78 is 6.09. The molecule has 2 aromatic carbocycles. The van der Waals surface area contributed by atoms with E-state index in [1.165, 1.54) is 18.3 Å². The molecular formula is C19H12BrNO4. The van der Waals surface area contributed by atoms with Crippen LogP contribution in [-0.2, 0) is 0 Å². The van der Waals surface area contributed by atoms with E-state index in [9.17, 15) is 14.7 Å². The minimum atomic E-state index is -1.11. The quantitative estimate of drug-likeness (QED) is 0.520. The lowest BCUT2D eigenvalue weighted by Gasteiger charge is -2.13. The van der Waals surface area contributed by atoms with Crippen molar-refractivity contribution in [2.75, 3.05) is 0 Å². The first kappa shape index (κ1) is 16.9. The molecule has 3 aromatic rings. The number of hydrogen-bond acceptors (Lipinski definition) is 4. The van der Waals surface area contributed by atoms with Gasteiger partial charge in [-0.3, -0.25) is 4.98 Å². The Kier molecular flexibility index (Phi) is 4.90. The number of aromatic nitrogens is 1. The zero-order valence-electron chi connectivity index (χ0n) is 12.8. The Morgan fingerprint density at radius 1 is 0.960 bits per heavy atom. The maximum Gasteiger partial charge on any atom is 0.344 e. The molecule has 0 aliphatic heterocycles. The van der Waals surface area contributed by atoms with E-state index in [1.54, 1.807) is 48.7 Å². The van der Waals surface area contributed by atoms with Crippen molar-refractivity contribution in [1.82, 2.24) is 4.98 Å². The molecule has 0 saturated carbocycles. The molecule has 0 amide bonds. The van der Waals surface area contributed by atoms with Crippen molar-refractivity contribution >= 4 is 27.9 Å². The lowest BCUT2D eigenvalue weighted by atomic mass is 10.00. The number of carbonyl (C=O) groups excluding carboxylic acids is 1. The van der Waals surface area contributed by atoms with Gasteiger partial charge in [0, 0.05) is 28.0 Å². The highest BCUT2D eigenvalue weighted by molar-refractivity contribution is 9.10. The lowest BCUT2D eigenvalue weighted by Crippen LogP contribution is -2.11. The van der Waals surface area contributed by atoms with Crippen LogP contribution in [0.5, 0.6) is 5.75 Å². The van der Waals surface area contributed by atoms with Gasteiger partial charge in [-0.15, -0.1) is 0 Å². The Balaban J connectivity index is 2.08. The summed E-state index contributed by atoms with van der Waals surface area (Å²) in [6, 6.07) is 14.8.